The number of rotatable bonds is 5. The summed E-state index contributed by atoms with van der Waals surface area (Å²) in [6.07, 6.45) is 9.02. The van der Waals surface area contributed by atoms with Crippen LogP contribution in [0.3, 0.4) is 0 Å². The van der Waals surface area contributed by atoms with Gasteiger partial charge in [-0.3, -0.25) is 0 Å². The first-order valence-electron chi connectivity index (χ1n) is 9.91. The standard InChI is InChI=1S/C21H30ClN5O/c1-21(2,3)19(14-26-12-9-23-15-26)25-20(28)24-17-13-16(22)7-8-18(17)27-10-5-4-6-11-27/h7-9,12-13,15,19H,4-6,10-11,14H2,1-3H3,(H2,24,25,28)/t19-/m0/s1. The number of hydrogen-bond acceptors (Lipinski definition) is 3. The van der Waals surface area contributed by atoms with Crippen LogP contribution in [0.15, 0.2) is 36.9 Å². The van der Waals surface area contributed by atoms with Gasteiger partial charge in [0.25, 0.3) is 0 Å². The van der Waals surface area contributed by atoms with Gasteiger partial charge >= 0.3 is 6.03 Å². The summed E-state index contributed by atoms with van der Waals surface area (Å²) in [5.74, 6) is 0. The van der Waals surface area contributed by atoms with E-state index in [9.17, 15) is 4.79 Å². The molecule has 1 fully saturated rings. The lowest BCUT2D eigenvalue weighted by molar-refractivity contribution is 0.219. The smallest absolute Gasteiger partial charge is 0.319 e. The molecule has 2 N–H and O–H groups in total. The summed E-state index contributed by atoms with van der Waals surface area (Å²) >= 11 is 6.21. The molecule has 0 aliphatic carbocycles. The predicted molar refractivity (Wildman–Crippen MR) is 115 cm³/mol. The Balaban J connectivity index is 1.73. The number of urea groups is 1. The number of piperidine rings is 1. The van der Waals surface area contributed by atoms with E-state index in [-0.39, 0.29) is 17.5 Å². The van der Waals surface area contributed by atoms with E-state index < -0.39 is 0 Å². The number of carbonyl (C=O) groups is 1. The molecule has 2 aromatic rings. The first-order chi connectivity index (χ1) is 13.3. The molecule has 28 heavy (non-hydrogen) atoms. The average molecular weight is 404 g/mol. The first kappa shape index (κ1) is 20.5. The Bertz CT molecular complexity index is 779. The second kappa shape index (κ2) is 8.86. The number of imidazole rings is 1. The van der Waals surface area contributed by atoms with Gasteiger partial charge in [-0.25, -0.2) is 9.78 Å². The van der Waals surface area contributed by atoms with Crippen LogP contribution < -0.4 is 15.5 Å². The van der Waals surface area contributed by atoms with E-state index in [2.05, 4.69) is 41.3 Å². The highest BCUT2D eigenvalue weighted by atomic mass is 35.5. The summed E-state index contributed by atoms with van der Waals surface area (Å²) in [6, 6.07) is 5.43. The Hall–Kier alpha value is -2.21. The Labute approximate surface area is 172 Å². The van der Waals surface area contributed by atoms with E-state index in [0.717, 1.165) is 24.5 Å². The van der Waals surface area contributed by atoms with Gasteiger partial charge in [0.1, 0.15) is 0 Å². The van der Waals surface area contributed by atoms with Crippen LogP contribution in [0.5, 0.6) is 0 Å². The van der Waals surface area contributed by atoms with Gasteiger partial charge in [-0.1, -0.05) is 32.4 Å². The van der Waals surface area contributed by atoms with Crippen LogP contribution in [0.1, 0.15) is 40.0 Å². The molecular formula is C21H30ClN5O. The fourth-order valence-electron chi connectivity index (χ4n) is 3.48. The minimum atomic E-state index is -0.222. The van der Waals surface area contributed by atoms with Gasteiger partial charge in [-0.05, 0) is 42.9 Å². The topological polar surface area (TPSA) is 62.2 Å². The molecular weight excluding hydrogens is 374 g/mol. The fourth-order valence-corrected chi connectivity index (χ4v) is 3.65. The molecule has 2 amide bonds. The van der Waals surface area contributed by atoms with E-state index in [1.165, 1.54) is 19.3 Å². The third-order valence-electron chi connectivity index (χ3n) is 5.21. The zero-order chi connectivity index (χ0) is 20.1. The zero-order valence-electron chi connectivity index (χ0n) is 16.9. The summed E-state index contributed by atoms with van der Waals surface area (Å²) in [5, 5.41) is 6.78. The molecule has 0 spiro atoms. The number of aromatic nitrogens is 2. The van der Waals surface area contributed by atoms with Crippen molar-refractivity contribution in [3.8, 4) is 0 Å². The van der Waals surface area contributed by atoms with Crippen LogP contribution in [-0.4, -0.2) is 34.7 Å². The SMILES string of the molecule is CC(C)(C)[C@H](Cn1ccnc1)NC(=O)Nc1cc(Cl)ccc1N1CCCCC1. The largest absolute Gasteiger partial charge is 0.370 e. The van der Waals surface area contributed by atoms with Gasteiger partial charge in [0, 0.05) is 37.1 Å². The predicted octanol–water partition coefficient (Wildman–Crippen LogP) is 4.76. The van der Waals surface area contributed by atoms with Crippen molar-refractivity contribution < 1.29 is 4.79 Å². The Morgan fingerprint density at radius 1 is 1.25 bits per heavy atom. The molecule has 0 unspecified atom stereocenters. The molecule has 7 heteroatoms. The average Bonchev–Trinajstić information content (AvgIpc) is 3.14. The van der Waals surface area contributed by atoms with Crippen molar-refractivity contribution in [2.75, 3.05) is 23.3 Å². The van der Waals surface area contributed by atoms with Gasteiger partial charge in [-0.15, -0.1) is 0 Å². The van der Waals surface area contributed by atoms with Crippen molar-refractivity contribution in [2.24, 2.45) is 5.41 Å². The van der Waals surface area contributed by atoms with Gasteiger partial charge < -0.3 is 20.1 Å². The molecule has 1 aliphatic heterocycles. The van der Waals surface area contributed by atoms with Crippen LogP contribution in [0.2, 0.25) is 5.02 Å². The lowest BCUT2D eigenvalue weighted by Gasteiger charge is -2.33. The van der Waals surface area contributed by atoms with Crippen LogP contribution in [0.25, 0.3) is 0 Å². The maximum Gasteiger partial charge on any atom is 0.319 e. The zero-order valence-corrected chi connectivity index (χ0v) is 17.7. The van der Waals surface area contributed by atoms with Crippen LogP contribution >= 0.6 is 11.6 Å². The van der Waals surface area contributed by atoms with E-state index in [4.69, 9.17) is 11.6 Å². The number of anilines is 2. The first-order valence-corrected chi connectivity index (χ1v) is 10.3. The summed E-state index contributed by atoms with van der Waals surface area (Å²) in [5.41, 5.74) is 1.68. The molecule has 1 aromatic carbocycles. The fraction of sp³-hybridized carbons (Fsp3) is 0.524. The monoisotopic (exact) mass is 403 g/mol. The van der Waals surface area contributed by atoms with Gasteiger partial charge in [0.05, 0.1) is 23.7 Å². The molecule has 152 valence electrons. The molecule has 2 heterocycles. The highest BCUT2D eigenvalue weighted by Crippen LogP contribution is 2.31. The summed E-state index contributed by atoms with van der Waals surface area (Å²) < 4.78 is 1.98. The highest BCUT2D eigenvalue weighted by molar-refractivity contribution is 6.31. The van der Waals surface area contributed by atoms with Crippen molar-refractivity contribution in [2.45, 2.75) is 52.6 Å². The quantitative estimate of drug-likeness (QED) is 0.756. The van der Waals surface area contributed by atoms with Crippen LogP contribution in [-0.2, 0) is 6.54 Å². The van der Waals surface area contributed by atoms with Crippen molar-refractivity contribution in [3.63, 3.8) is 0 Å². The number of nitrogens with zero attached hydrogens (tertiary/aromatic N) is 3. The molecule has 1 aliphatic rings. The molecule has 0 saturated carbocycles. The second-order valence-corrected chi connectivity index (χ2v) is 8.92. The number of benzene rings is 1. The highest BCUT2D eigenvalue weighted by Gasteiger charge is 2.27. The number of amides is 2. The lowest BCUT2D eigenvalue weighted by Crippen LogP contribution is -2.48. The number of hydrogen-bond donors (Lipinski definition) is 2. The Kier molecular flexibility index (Phi) is 6.50. The third-order valence-corrected chi connectivity index (χ3v) is 5.44. The van der Waals surface area contributed by atoms with Crippen molar-refractivity contribution in [3.05, 3.63) is 41.9 Å². The molecule has 1 aromatic heterocycles. The van der Waals surface area contributed by atoms with E-state index in [1.807, 2.05) is 29.0 Å². The molecule has 1 atom stereocenters. The minimum absolute atomic E-state index is 0.0562. The molecule has 0 radical (unpaired) electrons. The summed E-state index contributed by atoms with van der Waals surface area (Å²) in [7, 11) is 0. The number of carbonyl (C=O) groups excluding carboxylic acids is 1. The van der Waals surface area contributed by atoms with Crippen LogP contribution in [0, 0.1) is 5.41 Å². The Morgan fingerprint density at radius 3 is 2.64 bits per heavy atom. The normalized spacial score (nSPS) is 15.9. The number of halogens is 1. The van der Waals surface area contributed by atoms with E-state index >= 15 is 0 Å². The van der Waals surface area contributed by atoms with Crippen molar-refractivity contribution >= 4 is 29.0 Å². The van der Waals surface area contributed by atoms with Gasteiger partial charge in [-0.2, -0.15) is 0 Å². The number of nitrogens with one attached hydrogen (secondary N) is 2. The molecule has 6 nitrogen and oxygen atoms in total. The van der Waals surface area contributed by atoms with Crippen molar-refractivity contribution in [1.29, 1.82) is 0 Å². The van der Waals surface area contributed by atoms with Gasteiger partial charge in [0.15, 0.2) is 0 Å². The minimum Gasteiger partial charge on any atom is -0.370 e. The van der Waals surface area contributed by atoms with Gasteiger partial charge in [0.2, 0.25) is 0 Å². The van der Waals surface area contributed by atoms with Crippen LogP contribution in [0.4, 0.5) is 16.2 Å². The molecule has 0 bridgehead atoms. The second-order valence-electron chi connectivity index (χ2n) is 8.49. The molecule has 3 rings (SSSR count). The van der Waals surface area contributed by atoms with Crippen molar-refractivity contribution in [1.82, 2.24) is 14.9 Å². The maximum absolute atomic E-state index is 12.8. The maximum atomic E-state index is 12.8. The van der Waals surface area contributed by atoms with E-state index in [1.54, 1.807) is 12.5 Å². The van der Waals surface area contributed by atoms with E-state index in [0.29, 0.717) is 11.6 Å². The Morgan fingerprint density at radius 2 is 2.00 bits per heavy atom. The lowest BCUT2D eigenvalue weighted by atomic mass is 9.86. The summed E-state index contributed by atoms with van der Waals surface area (Å²) in [6.45, 7) is 9.02. The third kappa shape index (κ3) is 5.41. The molecule has 1 saturated heterocycles. The summed E-state index contributed by atoms with van der Waals surface area (Å²) in [4.78, 5) is 19.2.